The molecule has 0 radical (unpaired) electrons. The summed E-state index contributed by atoms with van der Waals surface area (Å²) in [5.74, 6) is 2.37. The Balaban J connectivity index is 0.000000782. The van der Waals surface area contributed by atoms with E-state index in [4.69, 9.17) is 18.8 Å². The van der Waals surface area contributed by atoms with Gasteiger partial charge in [0, 0.05) is 30.9 Å². The van der Waals surface area contributed by atoms with Gasteiger partial charge in [-0.3, -0.25) is 14.1 Å². The van der Waals surface area contributed by atoms with E-state index in [1.807, 2.05) is 17.0 Å². The van der Waals surface area contributed by atoms with E-state index in [1.165, 1.54) is 12.1 Å². The second-order valence-electron chi connectivity index (χ2n) is 10.6. The van der Waals surface area contributed by atoms with Gasteiger partial charge in [0.2, 0.25) is 0 Å². The number of nitrogens with zero attached hydrogens (tertiary/aromatic N) is 2. The molecule has 0 atom stereocenters. The van der Waals surface area contributed by atoms with Gasteiger partial charge in [0.1, 0.15) is 22.9 Å². The number of rotatable bonds is 11. The van der Waals surface area contributed by atoms with Crippen LogP contribution in [0.5, 0.6) is 17.2 Å². The first-order valence-electron chi connectivity index (χ1n) is 14.1. The van der Waals surface area contributed by atoms with Crippen LogP contribution in [0.4, 0.5) is 21.5 Å². The van der Waals surface area contributed by atoms with Crippen LogP contribution < -0.4 is 35.3 Å². The molecule has 0 unspecified atom stereocenters. The molecule has 0 saturated carbocycles. The summed E-state index contributed by atoms with van der Waals surface area (Å²) in [5, 5.41) is 3.25. The van der Waals surface area contributed by atoms with Gasteiger partial charge in [0.25, 0.3) is 21.0 Å². The average Bonchev–Trinajstić information content (AvgIpc) is 3.40. The van der Waals surface area contributed by atoms with Gasteiger partial charge in [0.05, 0.1) is 27.1 Å². The summed E-state index contributed by atoms with van der Waals surface area (Å²) in [7, 11) is -0.460. The normalized spacial score (nSPS) is 15.5. The minimum Gasteiger partial charge on any atom is -0.494 e. The van der Waals surface area contributed by atoms with Crippen LogP contribution in [0.3, 0.4) is 0 Å². The smallest absolute Gasteiger partial charge is 0.261 e. The van der Waals surface area contributed by atoms with Crippen molar-refractivity contribution in [2.45, 2.75) is 25.7 Å². The van der Waals surface area contributed by atoms with Gasteiger partial charge in [-0.2, -0.15) is 8.42 Å². The zero-order valence-electron chi connectivity index (χ0n) is 24.6. The second kappa shape index (κ2) is 14.2. The molecule has 3 aromatic carbocycles. The molecule has 5 rings (SSSR count). The molecular formula is C30H38FN3O8S. The third-order valence-electron chi connectivity index (χ3n) is 7.70. The minimum atomic E-state index is -3.67. The number of anilines is 3. The summed E-state index contributed by atoms with van der Waals surface area (Å²) in [6.07, 6.45) is 4.58. The number of benzene rings is 2. The van der Waals surface area contributed by atoms with Crippen LogP contribution in [0, 0.1) is 11.7 Å². The van der Waals surface area contributed by atoms with Crippen molar-refractivity contribution < 1.29 is 31.6 Å². The Bertz CT molecular complexity index is 1560. The monoisotopic (exact) mass is 619 g/mol. The highest BCUT2D eigenvalue weighted by molar-refractivity contribution is 7.85. The lowest BCUT2D eigenvalue weighted by Gasteiger charge is -2.32. The van der Waals surface area contributed by atoms with E-state index in [9.17, 15) is 22.4 Å². The molecule has 0 spiro atoms. The maximum atomic E-state index is 13.0. The third-order valence-corrected chi connectivity index (χ3v) is 7.70. The highest BCUT2D eigenvalue weighted by atomic mass is 32.2. The van der Waals surface area contributed by atoms with Crippen molar-refractivity contribution >= 4 is 27.2 Å². The molecule has 2 N–H and O–H groups in total. The number of fused-ring (bicyclic) bond motifs is 1. The van der Waals surface area contributed by atoms with Crippen molar-refractivity contribution in [1.29, 1.82) is 0 Å². The Morgan fingerprint density at radius 1 is 1.00 bits per heavy atom. The summed E-state index contributed by atoms with van der Waals surface area (Å²) in [6.45, 7) is 4.62. The Kier molecular flexibility index (Phi) is 10.6. The van der Waals surface area contributed by atoms with E-state index >= 15 is 0 Å². The summed E-state index contributed by atoms with van der Waals surface area (Å²) in [6, 6.07) is 9.87. The van der Waals surface area contributed by atoms with E-state index in [-0.39, 0.29) is 5.82 Å². The summed E-state index contributed by atoms with van der Waals surface area (Å²) < 4.78 is 55.6. The predicted molar refractivity (Wildman–Crippen MR) is 163 cm³/mol. The SMILES string of the molecule is COc1ccc2c(c1OC)CCN2c1c(NCCN2CCC(CCOc3ccc(F)cc3)CC2)c(=O)c1=O.CS(=O)(=O)O. The van der Waals surface area contributed by atoms with Crippen LogP contribution in [0.25, 0.3) is 0 Å². The number of nitrogens with one attached hydrogen (secondary N) is 1. The first-order valence-corrected chi connectivity index (χ1v) is 16.0. The molecule has 0 aromatic heterocycles. The van der Waals surface area contributed by atoms with Crippen molar-refractivity contribution in [3.05, 3.63) is 68.2 Å². The van der Waals surface area contributed by atoms with Gasteiger partial charge in [-0.15, -0.1) is 0 Å². The number of likely N-dealkylation sites (tertiary alicyclic amines) is 1. The number of methoxy groups -OCH3 is 2. The van der Waals surface area contributed by atoms with Crippen molar-refractivity contribution in [2.24, 2.45) is 5.92 Å². The second-order valence-corrected chi connectivity index (χ2v) is 12.1. The number of halogens is 1. The Morgan fingerprint density at radius 3 is 2.30 bits per heavy atom. The lowest BCUT2D eigenvalue weighted by atomic mass is 9.94. The Labute approximate surface area is 250 Å². The van der Waals surface area contributed by atoms with E-state index in [1.54, 1.807) is 26.4 Å². The van der Waals surface area contributed by atoms with E-state index < -0.39 is 21.0 Å². The maximum Gasteiger partial charge on any atom is 0.261 e. The Morgan fingerprint density at radius 2 is 1.67 bits per heavy atom. The maximum absolute atomic E-state index is 13.0. The molecule has 3 aromatic rings. The molecule has 0 aliphatic carbocycles. The quantitative estimate of drug-likeness (QED) is 0.242. The van der Waals surface area contributed by atoms with Crippen molar-refractivity contribution in [1.82, 2.24) is 4.90 Å². The van der Waals surface area contributed by atoms with E-state index in [0.717, 1.165) is 50.1 Å². The fourth-order valence-corrected chi connectivity index (χ4v) is 5.56. The molecule has 2 aliphatic rings. The molecular weight excluding hydrogens is 581 g/mol. The molecule has 234 valence electrons. The lowest BCUT2D eigenvalue weighted by molar-refractivity contribution is 0.167. The lowest BCUT2D eigenvalue weighted by Crippen LogP contribution is -2.42. The minimum absolute atomic E-state index is 0.261. The van der Waals surface area contributed by atoms with Gasteiger partial charge in [0.15, 0.2) is 11.5 Å². The summed E-state index contributed by atoms with van der Waals surface area (Å²) in [5.41, 5.74) is 1.82. The van der Waals surface area contributed by atoms with Gasteiger partial charge in [-0.1, -0.05) is 0 Å². The third kappa shape index (κ3) is 8.24. The first-order chi connectivity index (χ1) is 20.5. The van der Waals surface area contributed by atoms with E-state index in [0.29, 0.717) is 66.9 Å². The van der Waals surface area contributed by atoms with Crippen LogP contribution in [0.2, 0.25) is 0 Å². The number of piperidine rings is 1. The fourth-order valence-electron chi connectivity index (χ4n) is 5.56. The molecule has 0 bridgehead atoms. The standard InChI is InChI=1S/C29H34FN3O5.CH4O3S/c1-36-24-8-7-23-22(29(24)37-2)11-16-33(23)26-25(27(34)28(26)35)31-13-17-32-14-9-19(10-15-32)12-18-38-21-5-3-20(30)4-6-21;1-5(2,3)4/h3-8,19,31H,9-18H2,1-2H3;1H3,(H,2,3,4). The molecule has 11 nitrogen and oxygen atoms in total. The van der Waals surface area contributed by atoms with Gasteiger partial charge >= 0.3 is 0 Å². The zero-order valence-corrected chi connectivity index (χ0v) is 25.4. The summed E-state index contributed by atoms with van der Waals surface area (Å²) >= 11 is 0. The highest BCUT2D eigenvalue weighted by Crippen LogP contribution is 2.44. The van der Waals surface area contributed by atoms with Crippen LogP contribution in [-0.2, 0) is 16.5 Å². The molecule has 0 amide bonds. The van der Waals surface area contributed by atoms with E-state index in [2.05, 4.69) is 10.2 Å². The molecule has 1 fully saturated rings. The largest absolute Gasteiger partial charge is 0.494 e. The van der Waals surface area contributed by atoms with Crippen LogP contribution >= 0.6 is 0 Å². The van der Waals surface area contributed by atoms with Crippen molar-refractivity contribution in [3.63, 3.8) is 0 Å². The van der Waals surface area contributed by atoms with Crippen LogP contribution in [-0.4, -0.2) is 77.7 Å². The topological polar surface area (TPSA) is 135 Å². The predicted octanol–water partition coefficient (Wildman–Crippen LogP) is 3.23. The van der Waals surface area contributed by atoms with Gasteiger partial charge in [-0.25, -0.2) is 4.39 Å². The zero-order chi connectivity index (χ0) is 31.1. The van der Waals surface area contributed by atoms with Crippen molar-refractivity contribution in [2.75, 3.05) is 70.0 Å². The molecule has 2 aliphatic heterocycles. The molecule has 1 saturated heterocycles. The van der Waals surface area contributed by atoms with Gasteiger partial charge < -0.3 is 29.3 Å². The first kappa shape index (κ1) is 32.2. The van der Waals surface area contributed by atoms with Crippen molar-refractivity contribution in [3.8, 4) is 17.2 Å². The molecule has 2 heterocycles. The number of ether oxygens (including phenoxy) is 3. The summed E-state index contributed by atoms with van der Waals surface area (Å²) in [4.78, 5) is 29.3. The number of hydrogen-bond donors (Lipinski definition) is 2. The number of hydrogen-bond acceptors (Lipinski definition) is 10. The highest BCUT2D eigenvalue weighted by Gasteiger charge is 2.33. The van der Waals surface area contributed by atoms with Gasteiger partial charge in [-0.05, 0) is 81.1 Å². The van der Waals surface area contributed by atoms with Crippen LogP contribution in [0.1, 0.15) is 24.8 Å². The molecule has 13 heteroatoms. The Hall–Kier alpha value is -3.68. The van der Waals surface area contributed by atoms with Crippen LogP contribution in [0.15, 0.2) is 46.0 Å². The fraction of sp³-hybridized carbons (Fsp3) is 0.467. The molecule has 43 heavy (non-hydrogen) atoms. The average molecular weight is 620 g/mol.